The van der Waals surface area contributed by atoms with Gasteiger partial charge in [-0.05, 0) is 23.8 Å². The predicted octanol–water partition coefficient (Wildman–Crippen LogP) is -1.60. The van der Waals surface area contributed by atoms with Crippen molar-refractivity contribution in [2.24, 2.45) is 0 Å². The number of phenols is 2. The molecule has 0 aliphatic carbocycles. The normalized spacial score (nSPS) is 26.6. The van der Waals surface area contributed by atoms with E-state index in [1.54, 1.807) is 0 Å². The number of phenolic OH excluding ortho intramolecular Hbond substituents is 2. The topological polar surface area (TPSA) is 192 Å². The number of hydrogen-bond donors (Lipinski definition) is 6. The highest BCUT2D eigenvalue weighted by Crippen LogP contribution is 2.25. The number of ether oxygens (including phenoxy) is 4. The Labute approximate surface area is 182 Å². The van der Waals surface area contributed by atoms with Gasteiger partial charge in [-0.15, -0.1) is 0 Å². The van der Waals surface area contributed by atoms with E-state index in [4.69, 9.17) is 18.9 Å². The number of aromatic hydroxyl groups is 2. The molecule has 1 aromatic carbocycles. The van der Waals surface area contributed by atoms with E-state index in [0.29, 0.717) is 5.56 Å². The van der Waals surface area contributed by atoms with Crippen molar-refractivity contribution in [2.45, 2.75) is 43.7 Å². The van der Waals surface area contributed by atoms with E-state index in [1.807, 2.05) is 0 Å². The molecule has 1 heterocycles. The monoisotopic (exact) mass is 458 g/mol. The van der Waals surface area contributed by atoms with Crippen LogP contribution in [-0.2, 0) is 28.5 Å². The molecule has 178 valence electrons. The fourth-order valence-electron chi connectivity index (χ4n) is 2.74. The summed E-state index contributed by atoms with van der Waals surface area (Å²) in [5.41, 5.74) is 0.409. The molecule has 1 aromatic rings. The average Bonchev–Trinajstić information content (AvgIpc) is 2.76. The second-order valence-corrected chi connectivity index (χ2v) is 6.97. The molecule has 12 nitrogen and oxygen atoms in total. The maximum atomic E-state index is 12.0. The zero-order chi connectivity index (χ0) is 23.8. The number of esters is 2. The van der Waals surface area contributed by atoms with Gasteiger partial charge in [0, 0.05) is 13.0 Å². The first-order valence-corrected chi connectivity index (χ1v) is 9.58. The summed E-state index contributed by atoms with van der Waals surface area (Å²) < 4.78 is 20.6. The molecule has 0 spiro atoms. The van der Waals surface area contributed by atoms with Gasteiger partial charge in [-0.25, -0.2) is 4.79 Å². The van der Waals surface area contributed by atoms with E-state index in [-0.39, 0.29) is 18.1 Å². The number of rotatable bonds is 9. The number of benzene rings is 1. The summed E-state index contributed by atoms with van der Waals surface area (Å²) in [6.07, 6.45) is -6.42. The molecule has 0 saturated carbocycles. The van der Waals surface area contributed by atoms with Crippen LogP contribution in [0.25, 0.3) is 6.08 Å². The Morgan fingerprint density at radius 3 is 2.38 bits per heavy atom. The first-order valence-electron chi connectivity index (χ1n) is 9.58. The number of carbonyl (C=O) groups is 2. The van der Waals surface area contributed by atoms with E-state index in [0.717, 1.165) is 13.0 Å². The third kappa shape index (κ3) is 7.15. The summed E-state index contributed by atoms with van der Waals surface area (Å²) in [6, 6.07) is 3.92. The van der Waals surface area contributed by atoms with Crippen molar-refractivity contribution in [2.75, 3.05) is 19.8 Å². The van der Waals surface area contributed by atoms with Gasteiger partial charge in [0.2, 0.25) is 0 Å². The summed E-state index contributed by atoms with van der Waals surface area (Å²) in [7, 11) is 0. The Morgan fingerprint density at radius 1 is 1.06 bits per heavy atom. The molecule has 1 saturated heterocycles. The molecule has 0 radical (unpaired) electrons. The van der Waals surface area contributed by atoms with Crippen molar-refractivity contribution in [3.63, 3.8) is 0 Å². The molecule has 0 amide bonds. The number of aliphatic hydroxyl groups is 4. The Bertz CT molecular complexity index is 808. The third-order valence-electron chi connectivity index (χ3n) is 4.47. The Morgan fingerprint density at radius 2 is 1.75 bits per heavy atom. The zero-order valence-electron chi connectivity index (χ0n) is 17.1. The van der Waals surface area contributed by atoms with Gasteiger partial charge in [0.25, 0.3) is 0 Å². The van der Waals surface area contributed by atoms with E-state index >= 15 is 0 Å². The van der Waals surface area contributed by atoms with Crippen LogP contribution >= 0.6 is 0 Å². The van der Waals surface area contributed by atoms with Gasteiger partial charge >= 0.3 is 11.9 Å². The second-order valence-electron chi connectivity index (χ2n) is 6.97. The van der Waals surface area contributed by atoms with Gasteiger partial charge in [0.05, 0.1) is 6.61 Å². The predicted molar refractivity (Wildman–Crippen MR) is 105 cm³/mol. The first-order chi connectivity index (χ1) is 15.1. The molecule has 1 aliphatic rings. The van der Waals surface area contributed by atoms with Gasteiger partial charge in [0.1, 0.15) is 43.7 Å². The van der Waals surface area contributed by atoms with Crippen molar-refractivity contribution in [3.05, 3.63) is 29.8 Å². The lowest BCUT2D eigenvalue weighted by molar-refractivity contribution is -0.315. The van der Waals surface area contributed by atoms with E-state index in [2.05, 4.69) is 0 Å². The second kappa shape index (κ2) is 11.8. The molecule has 6 unspecified atom stereocenters. The van der Waals surface area contributed by atoms with Crippen molar-refractivity contribution in [3.8, 4) is 11.5 Å². The van der Waals surface area contributed by atoms with Crippen LogP contribution in [0.5, 0.6) is 11.5 Å². The van der Waals surface area contributed by atoms with Gasteiger partial charge in [-0.1, -0.05) is 6.07 Å². The fourth-order valence-corrected chi connectivity index (χ4v) is 2.74. The summed E-state index contributed by atoms with van der Waals surface area (Å²) in [5.74, 6) is -2.15. The van der Waals surface area contributed by atoms with Crippen LogP contribution in [0.2, 0.25) is 0 Å². The highest BCUT2D eigenvalue weighted by Gasteiger charge is 2.45. The molecule has 12 heteroatoms. The molecule has 2 rings (SSSR count). The molecule has 6 atom stereocenters. The number of hydrogen-bond acceptors (Lipinski definition) is 12. The minimum absolute atomic E-state index is 0.316. The average molecular weight is 458 g/mol. The Balaban J connectivity index is 1.98. The molecule has 1 fully saturated rings. The summed E-state index contributed by atoms with van der Waals surface area (Å²) in [4.78, 5) is 23.1. The lowest BCUT2D eigenvalue weighted by atomic mass is 9.99. The smallest absolute Gasteiger partial charge is 0.330 e. The van der Waals surface area contributed by atoms with Crippen LogP contribution in [0.4, 0.5) is 0 Å². The highest BCUT2D eigenvalue weighted by molar-refractivity contribution is 5.87. The van der Waals surface area contributed by atoms with Gasteiger partial charge in [-0.3, -0.25) is 4.79 Å². The largest absolute Gasteiger partial charge is 0.504 e. The molecular formula is C20H26O12. The maximum absolute atomic E-state index is 12.0. The SMILES string of the molecule is CC(=O)OCC(COC(=O)/C=C/c1ccc(O)c(O)c1)OC1OC(CO)C(O)C(O)C1O. The van der Waals surface area contributed by atoms with E-state index in [9.17, 15) is 40.2 Å². The molecule has 0 aromatic heterocycles. The van der Waals surface area contributed by atoms with E-state index < -0.39 is 62.0 Å². The standard InChI is InChI=1S/C20H26O12/c1-10(22)29-8-12(31-20-19(28)18(27)17(26)15(7-21)32-20)9-30-16(25)5-3-11-2-4-13(23)14(24)6-11/h2-6,12,15,17-21,23-24,26-28H,7-9H2,1H3/b5-3+. The Hall–Kier alpha value is -2.74. The van der Waals surface area contributed by atoms with Crippen LogP contribution in [0, 0.1) is 0 Å². The van der Waals surface area contributed by atoms with Crippen molar-refractivity contribution >= 4 is 18.0 Å². The van der Waals surface area contributed by atoms with Gasteiger partial charge in [0.15, 0.2) is 17.8 Å². The minimum Gasteiger partial charge on any atom is -0.504 e. The molecule has 1 aliphatic heterocycles. The van der Waals surface area contributed by atoms with Crippen LogP contribution in [0.1, 0.15) is 12.5 Å². The third-order valence-corrected chi connectivity index (χ3v) is 4.47. The van der Waals surface area contributed by atoms with Crippen molar-refractivity contribution in [1.82, 2.24) is 0 Å². The first kappa shape index (κ1) is 25.5. The fraction of sp³-hybridized carbons (Fsp3) is 0.500. The Kier molecular flexibility index (Phi) is 9.38. The number of aliphatic hydroxyl groups excluding tert-OH is 4. The van der Waals surface area contributed by atoms with E-state index in [1.165, 1.54) is 24.3 Å². The summed E-state index contributed by atoms with van der Waals surface area (Å²) in [5, 5.41) is 57.7. The molecule has 0 bridgehead atoms. The molecular weight excluding hydrogens is 432 g/mol. The van der Waals surface area contributed by atoms with Crippen LogP contribution in [0.15, 0.2) is 24.3 Å². The number of carbonyl (C=O) groups excluding carboxylic acids is 2. The summed E-state index contributed by atoms with van der Waals surface area (Å²) >= 11 is 0. The van der Waals surface area contributed by atoms with Gasteiger partial charge in [-0.2, -0.15) is 0 Å². The molecule has 32 heavy (non-hydrogen) atoms. The van der Waals surface area contributed by atoms with Crippen LogP contribution in [-0.4, -0.2) is 99.2 Å². The quantitative estimate of drug-likeness (QED) is 0.141. The van der Waals surface area contributed by atoms with Crippen molar-refractivity contribution < 1.29 is 59.2 Å². The van der Waals surface area contributed by atoms with Crippen molar-refractivity contribution in [1.29, 1.82) is 0 Å². The van der Waals surface area contributed by atoms with Gasteiger partial charge < -0.3 is 49.6 Å². The lowest BCUT2D eigenvalue weighted by Crippen LogP contribution is -2.60. The molecule has 6 N–H and O–H groups in total. The lowest BCUT2D eigenvalue weighted by Gasteiger charge is -2.40. The minimum atomic E-state index is -1.69. The summed E-state index contributed by atoms with van der Waals surface area (Å²) in [6.45, 7) is -0.335. The van der Waals surface area contributed by atoms with Crippen LogP contribution in [0.3, 0.4) is 0 Å². The highest BCUT2D eigenvalue weighted by atomic mass is 16.7. The maximum Gasteiger partial charge on any atom is 0.330 e. The zero-order valence-corrected chi connectivity index (χ0v) is 17.1. The van der Waals surface area contributed by atoms with Crippen LogP contribution < -0.4 is 0 Å².